The molecule has 0 amide bonds. The Morgan fingerprint density at radius 1 is 1.15 bits per heavy atom. The van der Waals surface area contributed by atoms with Gasteiger partial charge in [0.05, 0.1) is 23.9 Å². The molecule has 1 fully saturated rings. The predicted octanol–water partition coefficient (Wildman–Crippen LogP) is 2.79. The number of anilines is 1. The molecule has 1 aromatic heterocycles. The van der Waals surface area contributed by atoms with Crippen LogP contribution in [0.5, 0.6) is 0 Å². The smallest absolute Gasteiger partial charge is 0.389 e. The lowest BCUT2D eigenvalue weighted by Gasteiger charge is -2.26. The zero-order valence-corrected chi connectivity index (χ0v) is 15.6. The molecule has 8 heteroatoms. The van der Waals surface area contributed by atoms with Crippen LogP contribution < -0.4 is 4.90 Å². The Balaban J connectivity index is 1.86. The highest BCUT2D eigenvalue weighted by Gasteiger charge is 2.31. The second-order valence-electron chi connectivity index (χ2n) is 7.62. The number of ether oxygens (including phenoxy) is 1. The predicted molar refractivity (Wildman–Crippen MR) is 94.2 cm³/mol. The lowest BCUT2D eigenvalue weighted by atomic mass is 10.2. The fourth-order valence-electron chi connectivity index (χ4n) is 2.82. The fraction of sp³-hybridized carbons (Fsp3) is 0.722. The van der Waals surface area contributed by atoms with E-state index < -0.39 is 17.8 Å². The third-order valence-electron chi connectivity index (χ3n) is 4.17. The van der Waals surface area contributed by atoms with E-state index in [1.165, 1.54) is 6.07 Å². The van der Waals surface area contributed by atoms with E-state index in [9.17, 15) is 18.3 Å². The first-order valence-corrected chi connectivity index (χ1v) is 8.87. The molecule has 0 bridgehead atoms. The Kier molecular flexibility index (Phi) is 6.87. The Hall–Kier alpha value is -1.38. The number of pyridine rings is 1. The Labute approximate surface area is 152 Å². The molecule has 1 aromatic rings. The Morgan fingerprint density at radius 2 is 1.88 bits per heavy atom. The maximum Gasteiger partial charge on any atom is 0.417 e. The van der Waals surface area contributed by atoms with Gasteiger partial charge in [-0.15, -0.1) is 0 Å². The first-order valence-electron chi connectivity index (χ1n) is 8.87. The van der Waals surface area contributed by atoms with Gasteiger partial charge < -0.3 is 14.7 Å². The van der Waals surface area contributed by atoms with E-state index in [0.29, 0.717) is 18.9 Å². The van der Waals surface area contributed by atoms with Gasteiger partial charge in [0.15, 0.2) is 0 Å². The third-order valence-corrected chi connectivity index (χ3v) is 4.17. The molecule has 148 valence electrons. The standard InChI is InChI=1S/C18H28F3N3O2/c1-17(2,3)26-13-15(25)12-23-7-4-8-24(10-9-23)16-6-5-14(11-22-16)18(19,20)21/h5-6,11,15,25H,4,7-10,12-13H2,1-3H3. The molecule has 0 saturated carbocycles. The van der Waals surface area contributed by atoms with Crippen LogP contribution in [0.1, 0.15) is 32.8 Å². The van der Waals surface area contributed by atoms with Crippen molar-refractivity contribution in [1.29, 1.82) is 0 Å². The lowest BCUT2D eigenvalue weighted by molar-refractivity contribution is -0.137. The molecule has 0 spiro atoms. The van der Waals surface area contributed by atoms with E-state index >= 15 is 0 Å². The van der Waals surface area contributed by atoms with Gasteiger partial charge in [-0.3, -0.25) is 4.90 Å². The van der Waals surface area contributed by atoms with Crippen molar-refractivity contribution in [3.63, 3.8) is 0 Å². The van der Waals surface area contributed by atoms with Crippen molar-refractivity contribution in [2.24, 2.45) is 0 Å². The summed E-state index contributed by atoms with van der Waals surface area (Å²) in [6, 6.07) is 2.49. The Bertz CT molecular complexity index is 558. The molecule has 5 nitrogen and oxygen atoms in total. The molecule has 0 aliphatic carbocycles. The molecule has 1 aliphatic heterocycles. The number of halogens is 3. The molecule has 1 aliphatic rings. The van der Waals surface area contributed by atoms with Gasteiger partial charge >= 0.3 is 6.18 Å². The van der Waals surface area contributed by atoms with Crippen LogP contribution in [0, 0.1) is 0 Å². The van der Waals surface area contributed by atoms with E-state index in [4.69, 9.17) is 4.74 Å². The van der Waals surface area contributed by atoms with Gasteiger partial charge in [-0.05, 0) is 45.9 Å². The van der Waals surface area contributed by atoms with Gasteiger partial charge in [-0.1, -0.05) is 0 Å². The number of nitrogens with zero attached hydrogens (tertiary/aromatic N) is 3. The van der Waals surface area contributed by atoms with E-state index in [1.807, 2.05) is 25.7 Å². The summed E-state index contributed by atoms with van der Waals surface area (Å²) in [7, 11) is 0. The molecular formula is C18H28F3N3O2. The largest absolute Gasteiger partial charge is 0.417 e. The number of hydrogen-bond acceptors (Lipinski definition) is 5. The number of aliphatic hydroxyl groups excluding tert-OH is 1. The molecule has 1 saturated heterocycles. The van der Waals surface area contributed by atoms with Crippen LogP contribution in [0.3, 0.4) is 0 Å². The molecule has 0 aromatic carbocycles. The van der Waals surface area contributed by atoms with E-state index in [-0.39, 0.29) is 12.2 Å². The highest BCUT2D eigenvalue weighted by Crippen LogP contribution is 2.29. The summed E-state index contributed by atoms with van der Waals surface area (Å²) in [4.78, 5) is 8.11. The summed E-state index contributed by atoms with van der Waals surface area (Å²) in [6.45, 7) is 9.56. The van der Waals surface area contributed by atoms with Crippen LogP contribution in [0.15, 0.2) is 18.3 Å². The average Bonchev–Trinajstić information content (AvgIpc) is 2.77. The van der Waals surface area contributed by atoms with Crippen LogP contribution in [0.2, 0.25) is 0 Å². The van der Waals surface area contributed by atoms with Gasteiger partial charge in [0.1, 0.15) is 5.82 Å². The maximum atomic E-state index is 12.6. The van der Waals surface area contributed by atoms with Crippen LogP contribution in [-0.2, 0) is 10.9 Å². The number of β-amino-alcohol motifs (C(OH)–C–C–N with tert-alkyl or cyclic N) is 1. The quantitative estimate of drug-likeness (QED) is 0.858. The van der Waals surface area contributed by atoms with Gasteiger partial charge in [0, 0.05) is 32.4 Å². The topological polar surface area (TPSA) is 48.8 Å². The number of aromatic nitrogens is 1. The van der Waals surface area contributed by atoms with Crippen LogP contribution >= 0.6 is 0 Å². The minimum Gasteiger partial charge on any atom is -0.389 e. The summed E-state index contributed by atoms with van der Waals surface area (Å²) >= 11 is 0. The van der Waals surface area contributed by atoms with Gasteiger partial charge in [-0.25, -0.2) is 4.98 Å². The molecule has 26 heavy (non-hydrogen) atoms. The van der Waals surface area contributed by atoms with Crippen LogP contribution in [0.4, 0.5) is 19.0 Å². The van der Waals surface area contributed by atoms with Crippen LogP contribution in [0.25, 0.3) is 0 Å². The Morgan fingerprint density at radius 3 is 2.46 bits per heavy atom. The minimum atomic E-state index is -4.37. The van der Waals surface area contributed by atoms with Gasteiger partial charge in [0.25, 0.3) is 0 Å². The highest BCUT2D eigenvalue weighted by molar-refractivity contribution is 5.40. The van der Waals surface area contributed by atoms with Gasteiger partial charge in [-0.2, -0.15) is 13.2 Å². The van der Waals surface area contributed by atoms with Crippen molar-refractivity contribution < 1.29 is 23.0 Å². The van der Waals surface area contributed by atoms with Crippen molar-refractivity contribution in [2.75, 3.05) is 44.2 Å². The average molecular weight is 375 g/mol. The molecular weight excluding hydrogens is 347 g/mol. The van der Waals surface area contributed by atoms with E-state index in [2.05, 4.69) is 9.88 Å². The van der Waals surface area contributed by atoms with Crippen molar-refractivity contribution in [1.82, 2.24) is 9.88 Å². The minimum absolute atomic E-state index is 0.282. The van der Waals surface area contributed by atoms with E-state index in [1.54, 1.807) is 0 Å². The molecule has 2 heterocycles. The molecule has 1 unspecified atom stereocenters. The molecule has 0 radical (unpaired) electrons. The zero-order chi connectivity index (χ0) is 19.4. The fourth-order valence-corrected chi connectivity index (χ4v) is 2.82. The number of aliphatic hydroxyl groups is 1. The number of alkyl halides is 3. The summed E-state index contributed by atoms with van der Waals surface area (Å²) in [5, 5.41) is 10.1. The number of hydrogen-bond donors (Lipinski definition) is 1. The zero-order valence-electron chi connectivity index (χ0n) is 15.6. The molecule has 2 rings (SSSR count). The van der Waals surface area contributed by atoms with Crippen molar-refractivity contribution in [3.8, 4) is 0 Å². The number of rotatable bonds is 5. The first-order chi connectivity index (χ1) is 12.0. The normalized spacial score (nSPS) is 18.7. The SMILES string of the molecule is CC(C)(C)OCC(O)CN1CCCN(c2ccc(C(F)(F)F)cn2)CC1. The maximum absolute atomic E-state index is 12.6. The summed E-state index contributed by atoms with van der Waals surface area (Å²) < 4.78 is 43.5. The van der Waals surface area contributed by atoms with E-state index in [0.717, 1.165) is 38.3 Å². The van der Waals surface area contributed by atoms with Gasteiger partial charge in [0.2, 0.25) is 0 Å². The van der Waals surface area contributed by atoms with Crippen molar-refractivity contribution >= 4 is 5.82 Å². The monoisotopic (exact) mass is 375 g/mol. The lowest BCUT2D eigenvalue weighted by Crippen LogP contribution is -2.39. The summed E-state index contributed by atoms with van der Waals surface area (Å²) in [5.74, 6) is 0.552. The third kappa shape index (κ3) is 6.74. The molecule has 1 N–H and O–H groups in total. The molecule has 1 atom stereocenters. The van der Waals surface area contributed by atoms with Crippen molar-refractivity contribution in [2.45, 2.75) is 45.1 Å². The first kappa shape index (κ1) is 20.9. The van der Waals surface area contributed by atoms with Crippen LogP contribution in [-0.4, -0.2) is 66.0 Å². The second-order valence-corrected chi connectivity index (χ2v) is 7.62. The van der Waals surface area contributed by atoms with Crippen molar-refractivity contribution in [3.05, 3.63) is 23.9 Å². The highest BCUT2D eigenvalue weighted by atomic mass is 19.4. The second kappa shape index (κ2) is 8.54. The summed E-state index contributed by atoms with van der Waals surface area (Å²) in [5.41, 5.74) is -1.02. The summed E-state index contributed by atoms with van der Waals surface area (Å²) in [6.07, 6.45) is -3.20.